The van der Waals surface area contributed by atoms with Gasteiger partial charge in [0.15, 0.2) is 0 Å². The summed E-state index contributed by atoms with van der Waals surface area (Å²) in [5.41, 5.74) is 0. The topological polar surface area (TPSA) is 12.0 Å². The zero-order chi connectivity index (χ0) is 12.2. The number of hydrogen-bond acceptors (Lipinski definition) is 1. The Hall–Kier alpha value is -0.0400. The molecule has 1 nitrogen and oxygen atoms in total. The Labute approximate surface area is 113 Å². The molecule has 3 rings (SSSR count). The minimum Gasteiger partial charge on any atom is -0.314 e. The van der Waals surface area contributed by atoms with Crippen molar-refractivity contribution in [2.75, 3.05) is 6.54 Å². The van der Waals surface area contributed by atoms with Gasteiger partial charge in [0, 0.05) is 6.04 Å². The predicted octanol–water partition coefficient (Wildman–Crippen LogP) is 4.52. The van der Waals surface area contributed by atoms with Gasteiger partial charge in [0.1, 0.15) is 0 Å². The van der Waals surface area contributed by atoms with Gasteiger partial charge in [-0.3, -0.25) is 0 Å². The molecule has 104 valence electrons. The first-order valence-corrected chi connectivity index (χ1v) is 8.68. The van der Waals surface area contributed by atoms with E-state index in [-0.39, 0.29) is 0 Å². The molecule has 18 heavy (non-hydrogen) atoms. The Kier molecular flexibility index (Phi) is 4.62. The third-order valence-corrected chi connectivity index (χ3v) is 6.00. The molecule has 3 atom stereocenters. The normalized spacial score (nSPS) is 39.7. The maximum atomic E-state index is 3.86. The van der Waals surface area contributed by atoms with Crippen LogP contribution in [0.2, 0.25) is 0 Å². The van der Waals surface area contributed by atoms with Crippen molar-refractivity contribution in [3.63, 3.8) is 0 Å². The van der Waals surface area contributed by atoms with Crippen LogP contribution in [0.1, 0.15) is 77.0 Å². The first kappa shape index (κ1) is 13.0. The number of nitrogens with one attached hydrogen (secondary N) is 1. The molecule has 2 saturated carbocycles. The number of hydrogen-bond donors (Lipinski definition) is 1. The van der Waals surface area contributed by atoms with Crippen molar-refractivity contribution in [3.05, 3.63) is 0 Å². The first-order chi connectivity index (χ1) is 8.95. The maximum absolute atomic E-state index is 3.86. The van der Waals surface area contributed by atoms with Gasteiger partial charge in [-0.25, -0.2) is 0 Å². The van der Waals surface area contributed by atoms with Crippen LogP contribution in [0.3, 0.4) is 0 Å². The standard InChI is InChI=1S/C17H31N/c1-2-8-14(9-3-1)15-10-4-5-11-16(15)17-12-6-7-13-18-17/h14-18H,1-13H2. The molecule has 2 aliphatic carbocycles. The summed E-state index contributed by atoms with van der Waals surface area (Å²) in [6.45, 7) is 1.29. The lowest BCUT2D eigenvalue weighted by Crippen LogP contribution is -2.45. The van der Waals surface area contributed by atoms with Crippen molar-refractivity contribution in [1.82, 2.24) is 5.32 Å². The van der Waals surface area contributed by atoms with Gasteiger partial charge in [-0.2, -0.15) is 0 Å². The first-order valence-electron chi connectivity index (χ1n) is 8.68. The number of piperidine rings is 1. The lowest BCUT2D eigenvalue weighted by atomic mass is 9.65. The highest BCUT2D eigenvalue weighted by molar-refractivity contribution is 4.90. The Bertz CT molecular complexity index is 212. The van der Waals surface area contributed by atoms with Crippen LogP contribution in [0.4, 0.5) is 0 Å². The van der Waals surface area contributed by atoms with E-state index in [2.05, 4.69) is 5.32 Å². The molecule has 1 saturated heterocycles. The fourth-order valence-corrected chi connectivity index (χ4v) is 5.08. The number of rotatable bonds is 2. The summed E-state index contributed by atoms with van der Waals surface area (Å²) < 4.78 is 0. The Morgan fingerprint density at radius 3 is 1.94 bits per heavy atom. The zero-order valence-corrected chi connectivity index (χ0v) is 12.0. The summed E-state index contributed by atoms with van der Waals surface area (Å²) in [5, 5.41) is 3.86. The minimum absolute atomic E-state index is 0.881. The predicted molar refractivity (Wildman–Crippen MR) is 77.7 cm³/mol. The lowest BCUT2D eigenvalue weighted by Gasteiger charge is -2.44. The van der Waals surface area contributed by atoms with Gasteiger partial charge in [0.2, 0.25) is 0 Å². The van der Waals surface area contributed by atoms with Crippen molar-refractivity contribution < 1.29 is 0 Å². The highest BCUT2D eigenvalue weighted by Crippen LogP contribution is 2.43. The average Bonchev–Trinajstić information content (AvgIpc) is 2.49. The van der Waals surface area contributed by atoms with Gasteiger partial charge >= 0.3 is 0 Å². The molecule has 0 bridgehead atoms. The van der Waals surface area contributed by atoms with E-state index in [0.29, 0.717) is 0 Å². The summed E-state index contributed by atoms with van der Waals surface area (Å²) >= 11 is 0. The molecule has 0 spiro atoms. The molecule has 1 aliphatic heterocycles. The van der Waals surface area contributed by atoms with Crippen LogP contribution in [0, 0.1) is 17.8 Å². The van der Waals surface area contributed by atoms with Crippen LogP contribution in [0.5, 0.6) is 0 Å². The molecule has 3 aliphatic rings. The molecule has 1 heteroatoms. The van der Waals surface area contributed by atoms with Crippen LogP contribution in [-0.2, 0) is 0 Å². The van der Waals surface area contributed by atoms with Gasteiger partial charge in [0.25, 0.3) is 0 Å². The van der Waals surface area contributed by atoms with Gasteiger partial charge in [-0.05, 0) is 50.0 Å². The second-order valence-corrected chi connectivity index (χ2v) is 7.07. The smallest absolute Gasteiger partial charge is 0.00980 e. The fraction of sp³-hybridized carbons (Fsp3) is 1.00. The molecular formula is C17H31N. The van der Waals surface area contributed by atoms with Crippen LogP contribution in [0.25, 0.3) is 0 Å². The highest BCUT2D eigenvalue weighted by Gasteiger charge is 2.36. The van der Waals surface area contributed by atoms with Crippen LogP contribution < -0.4 is 5.32 Å². The van der Waals surface area contributed by atoms with Crippen molar-refractivity contribution in [1.29, 1.82) is 0 Å². The highest BCUT2D eigenvalue weighted by atomic mass is 14.9. The van der Waals surface area contributed by atoms with E-state index < -0.39 is 0 Å². The molecule has 0 amide bonds. The Morgan fingerprint density at radius 2 is 1.22 bits per heavy atom. The van der Waals surface area contributed by atoms with Crippen molar-refractivity contribution in [2.45, 2.75) is 83.1 Å². The van der Waals surface area contributed by atoms with Crippen LogP contribution in [-0.4, -0.2) is 12.6 Å². The molecule has 0 aromatic rings. The molecule has 1 heterocycles. The second kappa shape index (κ2) is 6.41. The summed E-state index contributed by atoms with van der Waals surface area (Å²) in [6.07, 6.45) is 18.1. The molecule has 0 aromatic heterocycles. The minimum atomic E-state index is 0.881. The van der Waals surface area contributed by atoms with Crippen LogP contribution >= 0.6 is 0 Å². The largest absolute Gasteiger partial charge is 0.314 e. The van der Waals surface area contributed by atoms with Gasteiger partial charge in [0.05, 0.1) is 0 Å². The fourth-order valence-electron chi connectivity index (χ4n) is 5.08. The second-order valence-electron chi connectivity index (χ2n) is 7.07. The van der Waals surface area contributed by atoms with E-state index in [1.54, 1.807) is 19.3 Å². The van der Waals surface area contributed by atoms with Gasteiger partial charge in [-0.15, -0.1) is 0 Å². The summed E-state index contributed by atoms with van der Waals surface area (Å²) in [5.74, 6) is 3.20. The summed E-state index contributed by atoms with van der Waals surface area (Å²) in [4.78, 5) is 0. The van der Waals surface area contributed by atoms with E-state index >= 15 is 0 Å². The molecule has 1 N–H and O–H groups in total. The van der Waals surface area contributed by atoms with E-state index in [4.69, 9.17) is 0 Å². The SMILES string of the molecule is C1CCC(C2CCCCC2C2CCCCN2)CC1. The molecule has 0 aromatic carbocycles. The Morgan fingerprint density at radius 1 is 0.556 bits per heavy atom. The summed E-state index contributed by atoms with van der Waals surface area (Å²) in [6, 6.07) is 0.881. The average molecular weight is 249 g/mol. The third kappa shape index (κ3) is 2.92. The quantitative estimate of drug-likeness (QED) is 0.759. The Balaban J connectivity index is 1.64. The van der Waals surface area contributed by atoms with Gasteiger partial charge in [-0.1, -0.05) is 51.4 Å². The molecule has 3 fully saturated rings. The molecular weight excluding hydrogens is 218 g/mol. The molecule has 0 radical (unpaired) electrons. The lowest BCUT2D eigenvalue weighted by molar-refractivity contribution is 0.0897. The van der Waals surface area contributed by atoms with E-state index in [9.17, 15) is 0 Å². The van der Waals surface area contributed by atoms with Crippen molar-refractivity contribution in [3.8, 4) is 0 Å². The summed E-state index contributed by atoms with van der Waals surface area (Å²) in [7, 11) is 0. The monoisotopic (exact) mass is 249 g/mol. The molecule has 3 unspecified atom stereocenters. The third-order valence-electron chi connectivity index (χ3n) is 6.00. The maximum Gasteiger partial charge on any atom is 0.00980 e. The zero-order valence-electron chi connectivity index (χ0n) is 12.0. The van der Waals surface area contributed by atoms with Gasteiger partial charge < -0.3 is 5.32 Å². The van der Waals surface area contributed by atoms with E-state index in [0.717, 1.165) is 23.8 Å². The van der Waals surface area contributed by atoms with Crippen LogP contribution in [0.15, 0.2) is 0 Å². The van der Waals surface area contributed by atoms with E-state index in [1.165, 1.54) is 64.3 Å². The van der Waals surface area contributed by atoms with E-state index in [1.807, 2.05) is 0 Å². The van der Waals surface area contributed by atoms with Crippen molar-refractivity contribution >= 4 is 0 Å². The van der Waals surface area contributed by atoms with Crippen molar-refractivity contribution in [2.24, 2.45) is 17.8 Å².